The van der Waals surface area contributed by atoms with Crippen molar-refractivity contribution in [1.82, 2.24) is 10.6 Å². The molecule has 1 aliphatic rings. The van der Waals surface area contributed by atoms with Gasteiger partial charge in [-0.2, -0.15) is 0 Å². The van der Waals surface area contributed by atoms with Gasteiger partial charge in [0.15, 0.2) is 0 Å². The average Bonchev–Trinajstić information content (AvgIpc) is 2.57. The molecule has 0 unspecified atom stereocenters. The fourth-order valence-electron chi connectivity index (χ4n) is 2.52. The van der Waals surface area contributed by atoms with E-state index in [0.717, 1.165) is 6.92 Å². The third-order valence-corrected chi connectivity index (χ3v) is 3.81. The number of carbonyl (C=O) groups is 4. The highest BCUT2D eigenvalue weighted by molar-refractivity contribution is 6.46. The SMILES string of the molecule is CC(=O)N(C(=O)C(=O)NC(=O)C1CCNCC1)c1ccc(N)cc1. The minimum Gasteiger partial charge on any atom is -0.399 e. The van der Waals surface area contributed by atoms with Crippen molar-refractivity contribution >= 4 is 35.0 Å². The lowest BCUT2D eigenvalue weighted by Gasteiger charge is -2.22. The molecule has 128 valence electrons. The molecule has 8 heteroatoms. The first kappa shape index (κ1) is 17.6. The monoisotopic (exact) mass is 332 g/mol. The summed E-state index contributed by atoms with van der Waals surface area (Å²) in [6.45, 7) is 2.53. The highest BCUT2D eigenvalue weighted by Crippen LogP contribution is 2.17. The first-order chi connectivity index (χ1) is 11.4. The summed E-state index contributed by atoms with van der Waals surface area (Å²) in [5.41, 5.74) is 6.24. The molecule has 1 saturated heterocycles. The second kappa shape index (κ2) is 7.69. The summed E-state index contributed by atoms with van der Waals surface area (Å²) in [5.74, 6) is -3.66. The van der Waals surface area contributed by atoms with E-state index < -0.39 is 23.6 Å². The zero-order valence-corrected chi connectivity index (χ0v) is 13.4. The van der Waals surface area contributed by atoms with E-state index in [0.29, 0.717) is 36.5 Å². The quantitative estimate of drug-likeness (QED) is 0.509. The normalized spacial score (nSPS) is 14.7. The van der Waals surface area contributed by atoms with Crippen molar-refractivity contribution in [3.63, 3.8) is 0 Å². The summed E-state index contributed by atoms with van der Waals surface area (Å²) in [5, 5.41) is 5.20. The Balaban J connectivity index is 2.08. The second-order valence-electron chi connectivity index (χ2n) is 5.59. The van der Waals surface area contributed by atoms with E-state index in [1.165, 1.54) is 24.3 Å². The minimum atomic E-state index is -1.12. The lowest BCUT2D eigenvalue weighted by atomic mass is 9.97. The van der Waals surface area contributed by atoms with Gasteiger partial charge in [0, 0.05) is 18.5 Å². The van der Waals surface area contributed by atoms with Crippen molar-refractivity contribution in [3.8, 4) is 0 Å². The van der Waals surface area contributed by atoms with Gasteiger partial charge in [-0.15, -0.1) is 0 Å². The minimum absolute atomic E-state index is 0.214. The van der Waals surface area contributed by atoms with Crippen LogP contribution in [0.25, 0.3) is 0 Å². The standard InChI is InChI=1S/C16H20N4O4/c1-10(21)20(13-4-2-12(17)3-5-13)16(24)15(23)19-14(22)11-6-8-18-9-7-11/h2-5,11,18H,6-9,17H2,1H3,(H,19,22,23). The Morgan fingerprint density at radius 2 is 1.71 bits per heavy atom. The first-order valence-corrected chi connectivity index (χ1v) is 7.66. The van der Waals surface area contributed by atoms with Gasteiger partial charge in [-0.25, -0.2) is 4.90 Å². The van der Waals surface area contributed by atoms with Gasteiger partial charge in [0.2, 0.25) is 11.8 Å². The summed E-state index contributed by atoms with van der Waals surface area (Å²) in [7, 11) is 0. The van der Waals surface area contributed by atoms with Crippen LogP contribution in [-0.4, -0.2) is 36.7 Å². The molecule has 24 heavy (non-hydrogen) atoms. The Labute approximate surface area is 139 Å². The van der Waals surface area contributed by atoms with Crippen molar-refractivity contribution in [2.75, 3.05) is 23.7 Å². The van der Waals surface area contributed by atoms with Gasteiger partial charge in [0.1, 0.15) is 0 Å². The van der Waals surface area contributed by atoms with E-state index in [-0.39, 0.29) is 11.6 Å². The Morgan fingerprint density at radius 1 is 1.12 bits per heavy atom. The van der Waals surface area contributed by atoms with Crippen molar-refractivity contribution in [1.29, 1.82) is 0 Å². The molecule has 1 aromatic carbocycles. The van der Waals surface area contributed by atoms with E-state index in [2.05, 4.69) is 10.6 Å². The largest absolute Gasteiger partial charge is 0.399 e. The van der Waals surface area contributed by atoms with Crippen LogP contribution in [0.5, 0.6) is 0 Å². The summed E-state index contributed by atoms with van der Waals surface area (Å²) in [6, 6.07) is 5.93. The van der Waals surface area contributed by atoms with Crippen LogP contribution >= 0.6 is 0 Å². The van der Waals surface area contributed by atoms with Crippen LogP contribution in [0.1, 0.15) is 19.8 Å². The van der Waals surface area contributed by atoms with E-state index >= 15 is 0 Å². The second-order valence-corrected chi connectivity index (χ2v) is 5.59. The van der Waals surface area contributed by atoms with Gasteiger partial charge in [0.25, 0.3) is 0 Å². The fourth-order valence-corrected chi connectivity index (χ4v) is 2.52. The smallest absolute Gasteiger partial charge is 0.323 e. The number of nitrogens with one attached hydrogen (secondary N) is 2. The molecular formula is C16H20N4O4. The number of imide groups is 2. The molecule has 4 amide bonds. The Kier molecular flexibility index (Phi) is 5.64. The molecule has 0 spiro atoms. The maximum Gasteiger partial charge on any atom is 0.323 e. The highest BCUT2D eigenvalue weighted by atomic mass is 16.2. The predicted octanol–water partition coefficient (Wildman–Crippen LogP) is -0.209. The van der Waals surface area contributed by atoms with Crippen molar-refractivity contribution < 1.29 is 19.2 Å². The third-order valence-electron chi connectivity index (χ3n) is 3.81. The number of carbonyl (C=O) groups excluding carboxylic acids is 4. The van der Waals surface area contributed by atoms with Gasteiger partial charge < -0.3 is 11.1 Å². The van der Waals surface area contributed by atoms with E-state index in [9.17, 15) is 19.2 Å². The third kappa shape index (κ3) is 4.17. The van der Waals surface area contributed by atoms with Gasteiger partial charge in [-0.1, -0.05) is 0 Å². The summed E-state index contributed by atoms with van der Waals surface area (Å²) in [6.07, 6.45) is 1.20. The molecule has 0 saturated carbocycles. The van der Waals surface area contributed by atoms with Crippen LogP contribution in [0.3, 0.4) is 0 Å². The zero-order valence-electron chi connectivity index (χ0n) is 13.4. The van der Waals surface area contributed by atoms with Crippen LogP contribution in [-0.2, 0) is 19.2 Å². The summed E-state index contributed by atoms with van der Waals surface area (Å²) >= 11 is 0. The number of hydrogen-bond donors (Lipinski definition) is 3. The number of rotatable bonds is 2. The van der Waals surface area contributed by atoms with E-state index in [1.54, 1.807) is 0 Å². The molecule has 0 aliphatic carbocycles. The number of hydrogen-bond acceptors (Lipinski definition) is 6. The molecule has 1 heterocycles. The number of anilines is 2. The van der Waals surface area contributed by atoms with Gasteiger partial charge in [0.05, 0.1) is 5.69 Å². The first-order valence-electron chi connectivity index (χ1n) is 7.66. The molecule has 0 radical (unpaired) electrons. The molecule has 0 bridgehead atoms. The summed E-state index contributed by atoms with van der Waals surface area (Å²) in [4.78, 5) is 48.9. The van der Waals surface area contributed by atoms with E-state index in [1.807, 2.05) is 0 Å². The van der Waals surface area contributed by atoms with Gasteiger partial charge in [-0.3, -0.25) is 24.5 Å². The molecule has 1 fully saturated rings. The highest BCUT2D eigenvalue weighted by Gasteiger charge is 2.30. The van der Waals surface area contributed by atoms with E-state index in [4.69, 9.17) is 5.73 Å². The number of piperidine rings is 1. The molecule has 0 aromatic heterocycles. The number of benzene rings is 1. The fraction of sp³-hybridized carbons (Fsp3) is 0.375. The lowest BCUT2D eigenvalue weighted by Crippen LogP contribution is -2.49. The molecule has 1 aromatic rings. The van der Waals surface area contributed by atoms with Crippen LogP contribution in [0.2, 0.25) is 0 Å². The topological polar surface area (TPSA) is 122 Å². The number of nitrogen functional groups attached to an aromatic ring is 1. The van der Waals surface area contributed by atoms with Crippen LogP contribution in [0, 0.1) is 5.92 Å². The molecule has 2 rings (SSSR count). The van der Waals surface area contributed by atoms with Crippen molar-refractivity contribution in [2.24, 2.45) is 5.92 Å². The van der Waals surface area contributed by atoms with Crippen molar-refractivity contribution in [3.05, 3.63) is 24.3 Å². The van der Waals surface area contributed by atoms with Gasteiger partial charge >= 0.3 is 11.8 Å². The van der Waals surface area contributed by atoms with Crippen LogP contribution < -0.4 is 21.3 Å². The van der Waals surface area contributed by atoms with Crippen LogP contribution in [0.4, 0.5) is 11.4 Å². The molecule has 1 aliphatic heterocycles. The molecule has 8 nitrogen and oxygen atoms in total. The van der Waals surface area contributed by atoms with Gasteiger partial charge in [-0.05, 0) is 50.2 Å². The average molecular weight is 332 g/mol. The Hall–Kier alpha value is -2.74. The Morgan fingerprint density at radius 3 is 2.25 bits per heavy atom. The number of nitrogens with zero attached hydrogens (tertiary/aromatic N) is 1. The van der Waals surface area contributed by atoms with Crippen molar-refractivity contribution in [2.45, 2.75) is 19.8 Å². The molecule has 0 atom stereocenters. The summed E-state index contributed by atoms with van der Waals surface area (Å²) < 4.78 is 0. The predicted molar refractivity (Wildman–Crippen MR) is 87.8 cm³/mol. The number of amides is 4. The Bertz CT molecular complexity index is 651. The number of nitrogens with two attached hydrogens (primary N) is 1. The zero-order chi connectivity index (χ0) is 17.7. The van der Waals surface area contributed by atoms with Crippen LogP contribution in [0.15, 0.2) is 24.3 Å². The molecular weight excluding hydrogens is 312 g/mol. The lowest BCUT2D eigenvalue weighted by molar-refractivity contribution is -0.143. The maximum atomic E-state index is 12.3. The molecule has 4 N–H and O–H groups in total. The maximum absolute atomic E-state index is 12.3.